The fourth-order valence-electron chi connectivity index (χ4n) is 8.60. The molecule has 0 N–H and O–H groups in total. The smallest absolute Gasteiger partial charge is 0.383 e. The SMILES string of the molecule is CN(C)P1Oc2ccc3ccc4c(c3c2)Cc2c(ccc3ccc(cc23)OP(N(C)C)Oc2ccc3ccc5c(c3c2)Cc2c(ccc3ccc(cc23)O1)OP(=S)(N(C)C)O5)OP(=S)(N(C)C)O4. The maximum absolute atomic E-state index is 6.84. The van der Waals surface area contributed by atoms with E-state index in [9.17, 15) is 0 Å². The van der Waals surface area contributed by atoms with Crippen LogP contribution >= 0.6 is 30.3 Å². The molecule has 12 bridgehead atoms. The van der Waals surface area contributed by atoms with Crippen LogP contribution in [0.2, 0.25) is 0 Å². The summed E-state index contributed by atoms with van der Waals surface area (Å²) in [5, 5.41) is 7.96. The molecular formula is C50H48N4O8P4S2. The Labute approximate surface area is 408 Å². The van der Waals surface area contributed by atoms with Crippen molar-refractivity contribution < 1.29 is 36.2 Å². The Balaban J connectivity index is 1.14. The minimum Gasteiger partial charge on any atom is -0.427 e. The second-order valence-electron chi connectivity index (χ2n) is 17.6. The first kappa shape index (κ1) is 45.6. The van der Waals surface area contributed by atoms with E-state index in [-0.39, 0.29) is 0 Å². The van der Waals surface area contributed by atoms with Crippen molar-refractivity contribution in [3.8, 4) is 46.0 Å². The van der Waals surface area contributed by atoms with Crippen molar-refractivity contribution in [1.29, 1.82) is 0 Å². The molecule has 3 aliphatic rings. The molecule has 0 amide bonds. The second kappa shape index (κ2) is 17.6. The van der Waals surface area contributed by atoms with Crippen LogP contribution in [0, 0.1) is 0 Å². The average molecular weight is 1020 g/mol. The van der Waals surface area contributed by atoms with Crippen molar-refractivity contribution in [3.05, 3.63) is 144 Å². The molecule has 348 valence electrons. The first-order chi connectivity index (χ1) is 32.6. The lowest BCUT2D eigenvalue weighted by atomic mass is 9.93. The summed E-state index contributed by atoms with van der Waals surface area (Å²) < 4.78 is 62.1. The molecule has 8 aromatic rings. The molecule has 0 spiro atoms. The highest BCUT2D eigenvalue weighted by atomic mass is 32.5. The van der Waals surface area contributed by atoms with E-state index in [4.69, 9.17) is 59.8 Å². The Kier molecular flexibility index (Phi) is 11.8. The van der Waals surface area contributed by atoms with E-state index in [1.165, 1.54) is 0 Å². The molecule has 0 fully saturated rings. The molecule has 12 nitrogen and oxygen atoms in total. The number of rotatable bonds is 4. The van der Waals surface area contributed by atoms with Gasteiger partial charge in [0.05, 0.1) is 0 Å². The molecule has 0 saturated heterocycles. The lowest BCUT2D eigenvalue weighted by Crippen LogP contribution is -2.19. The minimum atomic E-state index is -3.07. The van der Waals surface area contributed by atoms with Gasteiger partial charge in [-0.25, -0.2) is 18.7 Å². The van der Waals surface area contributed by atoms with E-state index in [1.54, 1.807) is 0 Å². The molecule has 8 aromatic carbocycles. The molecule has 0 unspecified atom stereocenters. The van der Waals surface area contributed by atoms with Gasteiger partial charge >= 0.3 is 30.3 Å². The summed E-state index contributed by atoms with van der Waals surface area (Å²) in [6.07, 6.45) is 0.957. The quantitative estimate of drug-likeness (QED) is 0.157. The Hall–Kier alpha value is -4.80. The third-order valence-electron chi connectivity index (χ3n) is 12.2. The standard InChI is InChI=1S/C50H48N4O8P4S2/c1-51(2)63-55-35-17-9-31-13-21-47-43(39(31)25-35)29-45-41-27-37(19-11-33(41)15-23-49(45)61-65(67,59-47)53(5)6)57-64(52(3)4)58-38-20-12-34-16-24-50-46(42(34)28-38)30-44-40-26-36(56-63)18-10-32(40)14-22-48(44)60-66(68,62-50)54(7)8/h9-28H,29-30H2,1-8H3. The normalized spacial score (nSPS) is 21.1. The third kappa shape index (κ3) is 8.33. The predicted molar refractivity (Wildman–Crippen MR) is 284 cm³/mol. The van der Waals surface area contributed by atoms with Crippen molar-refractivity contribution in [2.75, 3.05) is 56.4 Å². The zero-order valence-electron chi connectivity index (χ0n) is 38.6. The highest BCUT2D eigenvalue weighted by Gasteiger charge is 2.34. The maximum atomic E-state index is 6.84. The summed E-state index contributed by atoms with van der Waals surface area (Å²) in [6.45, 7) is -6.13. The molecule has 0 saturated carbocycles. The molecule has 0 radical (unpaired) electrons. The van der Waals surface area contributed by atoms with Gasteiger partial charge in [-0.1, -0.05) is 48.5 Å². The van der Waals surface area contributed by atoms with Crippen LogP contribution in [0.5, 0.6) is 46.0 Å². The van der Waals surface area contributed by atoms with Crippen LogP contribution in [-0.4, -0.2) is 75.1 Å². The summed E-state index contributed by atoms with van der Waals surface area (Å²) in [4.78, 5) is 0. The van der Waals surface area contributed by atoms with Gasteiger partial charge < -0.3 is 36.2 Å². The third-order valence-corrected chi connectivity index (χ3v) is 21.5. The fraction of sp³-hybridized carbons (Fsp3) is 0.200. The monoisotopic (exact) mass is 1020 g/mol. The van der Waals surface area contributed by atoms with Gasteiger partial charge in [0.2, 0.25) is 0 Å². The van der Waals surface area contributed by atoms with Crippen LogP contribution in [0.4, 0.5) is 0 Å². The van der Waals surface area contributed by atoms with E-state index in [1.807, 2.05) is 124 Å². The number of hydrogen-bond acceptors (Lipinski definition) is 12. The minimum absolute atomic E-state index is 0.478. The van der Waals surface area contributed by atoms with Gasteiger partial charge in [-0.05, 0) is 172 Å². The molecule has 18 heteroatoms. The van der Waals surface area contributed by atoms with Crippen LogP contribution in [0.1, 0.15) is 22.3 Å². The van der Waals surface area contributed by atoms with E-state index in [0.717, 1.165) is 65.3 Å². The fourth-order valence-corrected chi connectivity index (χ4v) is 13.9. The van der Waals surface area contributed by atoms with Gasteiger partial charge in [-0.3, -0.25) is 0 Å². The van der Waals surface area contributed by atoms with Crippen molar-refractivity contribution >= 4 is 97.0 Å². The molecule has 11 rings (SSSR count). The largest absolute Gasteiger partial charge is 0.427 e. The first-order valence-electron chi connectivity index (χ1n) is 21.8. The van der Waals surface area contributed by atoms with Gasteiger partial charge in [0.1, 0.15) is 46.0 Å². The van der Waals surface area contributed by atoms with Crippen LogP contribution in [0.15, 0.2) is 121 Å². The van der Waals surface area contributed by atoms with Crippen molar-refractivity contribution in [1.82, 2.24) is 18.7 Å². The van der Waals surface area contributed by atoms with Gasteiger partial charge in [0, 0.05) is 58.7 Å². The highest BCUT2D eigenvalue weighted by Crippen LogP contribution is 2.58. The number of hydrogen-bond donors (Lipinski definition) is 0. The Bertz CT molecular complexity index is 3040. The van der Waals surface area contributed by atoms with E-state index in [0.29, 0.717) is 58.8 Å². The number of nitrogens with zero attached hydrogens (tertiary/aromatic N) is 4. The van der Waals surface area contributed by atoms with Gasteiger partial charge in [-0.2, -0.15) is 0 Å². The average Bonchev–Trinajstić information content (AvgIpc) is 3.29. The summed E-state index contributed by atoms with van der Waals surface area (Å²) in [7, 11) is 12.1. The maximum Gasteiger partial charge on any atom is 0.383 e. The summed E-state index contributed by atoms with van der Waals surface area (Å²) in [5.74, 6) is 5.22. The van der Waals surface area contributed by atoms with Crippen LogP contribution in [0.3, 0.4) is 0 Å². The molecule has 0 aromatic heterocycles. The van der Waals surface area contributed by atoms with Gasteiger partial charge in [-0.15, -0.1) is 0 Å². The molecule has 68 heavy (non-hydrogen) atoms. The van der Waals surface area contributed by atoms with Crippen molar-refractivity contribution in [3.63, 3.8) is 0 Å². The molecular weight excluding hydrogens is 973 g/mol. The molecule has 3 aliphatic heterocycles. The Morgan fingerprint density at radius 3 is 0.824 bits per heavy atom. The highest BCUT2D eigenvalue weighted by molar-refractivity contribution is 8.09. The van der Waals surface area contributed by atoms with E-state index >= 15 is 0 Å². The van der Waals surface area contributed by atoms with Gasteiger partial charge in [0.25, 0.3) is 0 Å². The lowest BCUT2D eigenvalue weighted by molar-refractivity contribution is 0.408. The second-order valence-corrected chi connectivity index (χ2v) is 27.8. The van der Waals surface area contributed by atoms with Crippen molar-refractivity contribution in [2.24, 2.45) is 0 Å². The Morgan fingerprint density at radius 1 is 0.368 bits per heavy atom. The van der Waals surface area contributed by atoms with Crippen LogP contribution in [0.25, 0.3) is 43.1 Å². The van der Waals surface area contributed by atoms with Crippen LogP contribution in [-0.2, 0) is 36.5 Å². The molecule has 3 heterocycles. The van der Waals surface area contributed by atoms with E-state index in [2.05, 4.69) is 72.8 Å². The molecule has 0 aliphatic carbocycles. The summed E-state index contributed by atoms with van der Waals surface area (Å²) in [5.41, 5.74) is 3.86. The zero-order chi connectivity index (χ0) is 47.2. The van der Waals surface area contributed by atoms with Crippen molar-refractivity contribution in [2.45, 2.75) is 12.8 Å². The van der Waals surface area contributed by atoms with E-state index < -0.39 is 30.3 Å². The number of fused-ring (bicyclic) bond motifs is 4. The topological polar surface area (TPSA) is 86.8 Å². The van der Waals surface area contributed by atoms with Gasteiger partial charge in [0.15, 0.2) is 0 Å². The lowest BCUT2D eigenvalue weighted by Gasteiger charge is -2.33. The number of benzene rings is 8. The predicted octanol–water partition coefficient (Wildman–Crippen LogP) is 13.4. The van der Waals surface area contributed by atoms with Crippen LogP contribution < -0.4 is 36.2 Å². The zero-order valence-corrected chi connectivity index (χ0v) is 43.8. The Morgan fingerprint density at radius 2 is 0.603 bits per heavy atom. The first-order valence-corrected chi connectivity index (χ1v) is 29.3. The summed E-state index contributed by atoms with van der Waals surface area (Å²) >= 11 is 12.5. The summed E-state index contributed by atoms with van der Waals surface area (Å²) in [6, 6.07) is 40.8. The molecule has 0 atom stereocenters.